The first kappa shape index (κ1) is 16.3. The highest BCUT2D eigenvalue weighted by atomic mass is 127. The van der Waals surface area contributed by atoms with E-state index in [1.165, 1.54) is 0 Å². The number of methoxy groups -OCH3 is 1. The molecule has 0 bridgehead atoms. The molecule has 2 aromatic rings. The summed E-state index contributed by atoms with van der Waals surface area (Å²) in [6.07, 6.45) is 0. The van der Waals surface area contributed by atoms with Crippen LogP contribution in [0.2, 0.25) is 5.02 Å². The summed E-state index contributed by atoms with van der Waals surface area (Å²) >= 11 is 8.18. The quantitative estimate of drug-likeness (QED) is 0.741. The number of hydrogen-bond acceptors (Lipinski definition) is 4. The van der Waals surface area contributed by atoms with Gasteiger partial charge in [-0.2, -0.15) is 0 Å². The van der Waals surface area contributed by atoms with E-state index in [0.717, 1.165) is 14.8 Å². The van der Waals surface area contributed by atoms with Gasteiger partial charge in [-0.3, -0.25) is 0 Å². The minimum atomic E-state index is -0.123. The molecule has 1 heterocycles. The second-order valence-corrected chi connectivity index (χ2v) is 7.20. The second kappa shape index (κ2) is 5.96. The molecule has 0 fully saturated rings. The number of nitrogen functional groups attached to an aromatic ring is 1. The lowest BCUT2D eigenvalue weighted by molar-refractivity contribution is 0.416. The van der Waals surface area contributed by atoms with E-state index in [0.29, 0.717) is 22.4 Å². The monoisotopic (exact) mass is 417 g/mol. The van der Waals surface area contributed by atoms with Gasteiger partial charge in [0.15, 0.2) is 5.82 Å². The van der Waals surface area contributed by atoms with Crippen LogP contribution in [0, 0.1) is 3.57 Å². The highest BCUT2D eigenvalue weighted by Gasteiger charge is 2.23. The molecule has 4 nitrogen and oxygen atoms in total. The van der Waals surface area contributed by atoms with Crippen molar-refractivity contribution in [2.24, 2.45) is 0 Å². The number of halogens is 2. The standard InChI is InChI=1S/C15H17ClIN3O/c1-15(2,3)12-11(17)13(18)20-14(19-12)9-6-5-8(16)7-10(9)21-4/h5-7H,1-4H3,(H2,18,19,20). The van der Waals surface area contributed by atoms with Crippen molar-refractivity contribution in [3.05, 3.63) is 32.5 Å². The maximum absolute atomic E-state index is 6.05. The minimum absolute atomic E-state index is 0.123. The maximum Gasteiger partial charge on any atom is 0.165 e. The van der Waals surface area contributed by atoms with Gasteiger partial charge in [-0.05, 0) is 40.8 Å². The molecule has 0 saturated heterocycles. The Morgan fingerprint density at radius 2 is 1.90 bits per heavy atom. The zero-order valence-electron chi connectivity index (χ0n) is 12.4. The summed E-state index contributed by atoms with van der Waals surface area (Å²) in [6, 6.07) is 5.37. The van der Waals surface area contributed by atoms with Crippen LogP contribution < -0.4 is 10.5 Å². The minimum Gasteiger partial charge on any atom is -0.496 e. The summed E-state index contributed by atoms with van der Waals surface area (Å²) < 4.78 is 6.25. The van der Waals surface area contributed by atoms with E-state index >= 15 is 0 Å². The predicted octanol–water partition coefficient (Wildman–Crippen LogP) is 4.29. The fourth-order valence-electron chi connectivity index (χ4n) is 1.93. The first-order chi connectivity index (χ1) is 9.74. The Hall–Kier alpha value is -1.08. The lowest BCUT2D eigenvalue weighted by Gasteiger charge is -2.21. The van der Waals surface area contributed by atoms with Crippen LogP contribution in [0.3, 0.4) is 0 Å². The van der Waals surface area contributed by atoms with Crippen LogP contribution >= 0.6 is 34.2 Å². The number of benzene rings is 1. The molecule has 0 unspecified atom stereocenters. The van der Waals surface area contributed by atoms with Crippen LogP contribution in [-0.2, 0) is 5.41 Å². The second-order valence-electron chi connectivity index (χ2n) is 5.69. The fourth-order valence-corrected chi connectivity index (χ4v) is 3.14. The van der Waals surface area contributed by atoms with Gasteiger partial charge < -0.3 is 10.5 Å². The van der Waals surface area contributed by atoms with Crippen molar-refractivity contribution < 1.29 is 4.74 Å². The average Bonchev–Trinajstić information content (AvgIpc) is 2.40. The molecular weight excluding hydrogens is 401 g/mol. The summed E-state index contributed by atoms with van der Waals surface area (Å²) in [5.41, 5.74) is 7.62. The third-order valence-corrected chi connectivity index (χ3v) is 4.29. The van der Waals surface area contributed by atoms with E-state index in [1.807, 2.05) is 6.07 Å². The molecule has 0 spiro atoms. The molecule has 0 saturated carbocycles. The van der Waals surface area contributed by atoms with E-state index < -0.39 is 0 Å². The Kier molecular flexibility index (Phi) is 4.63. The number of ether oxygens (including phenoxy) is 1. The Balaban J connectivity index is 2.68. The Bertz CT molecular complexity index is 683. The zero-order chi connectivity index (χ0) is 15.8. The van der Waals surface area contributed by atoms with Gasteiger partial charge in [0.05, 0.1) is 21.9 Å². The van der Waals surface area contributed by atoms with Crippen molar-refractivity contribution in [1.82, 2.24) is 9.97 Å². The Morgan fingerprint density at radius 1 is 1.24 bits per heavy atom. The van der Waals surface area contributed by atoms with Crippen LogP contribution in [0.4, 0.5) is 5.82 Å². The van der Waals surface area contributed by atoms with Gasteiger partial charge in [0.1, 0.15) is 11.6 Å². The van der Waals surface area contributed by atoms with Crippen molar-refractivity contribution in [1.29, 1.82) is 0 Å². The number of hydrogen-bond donors (Lipinski definition) is 1. The molecule has 2 rings (SSSR count). The van der Waals surface area contributed by atoms with Crippen molar-refractivity contribution in [3.63, 3.8) is 0 Å². The van der Waals surface area contributed by atoms with E-state index in [2.05, 4.69) is 48.3 Å². The fraction of sp³-hybridized carbons (Fsp3) is 0.333. The highest BCUT2D eigenvalue weighted by molar-refractivity contribution is 14.1. The van der Waals surface area contributed by atoms with Crippen molar-refractivity contribution >= 4 is 40.0 Å². The summed E-state index contributed by atoms with van der Waals surface area (Å²) in [5, 5.41) is 0.602. The van der Waals surface area contributed by atoms with Gasteiger partial charge in [0.25, 0.3) is 0 Å². The number of aromatic nitrogens is 2. The zero-order valence-corrected chi connectivity index (χ0v) is 15.3. The van der Waals surface area contributed by atoms with Crippen molar-refractivity contribution in [2.45, 2.75) is 26.2 Å². The van der Waals surface area contributed by atoms with E-state index in [1.54, 1.807) is 19.2 Å². The molecule has 0 aliphatic heterocycles. The number of anilines is 1. The van der Waals surface area contributed by atoms with Crippen LogP contribution in [-0.4, -0.2) is 17.1 Å². The molecule has 1 aromatic carbocycles. The SMILES string of the molecule is COc1cc(Cl)ccc1-c1nc(N)c(I)c(C(C)(C)C)n1. The maximum atomic E-state index is 6.05. The van der Waals surface area contributed by atoms with E-state index in [9.17, 15) is 0 Å². The largest absolute Gasteiger partial charge is 0.496 e. The first-order valence-electron chi connectivity index (χ1n) is 6.41. The molecular formula is C15H17ClIN3O. The molecule has 0 amide bonds. The molecule has 21 heavy (non-hydrogen) atoms. The van der Waals surface area contributed by atoms with Gasteiger partial charge in [-0.25, -0.2) is 9.97 Å². The molecule has 0 aliphatic rings. The smallest absolute Gasteiger partial charge is 0.165 e. The van der Waals surface area contributed by atoms with Crippen molar-refractivity contribution in [2.75, 3.05) is 12.8 Å². The third kappa shape index (κ3) is 3.40. The Morgan fingerprint density at radius 3 is 2.48 bits per heavy atom. The van der Waals surface area contributed by atoms with Crippen LogP contribution in [0.1, 0.15) is 26.5 Å². The third-order valence-electron chi connectivity index (χ3n) is 2.99. The molecule has 2 N–H and O–H groups in total. The highest BCUT2D eigenvalue weighted by Crippen LogP contribution is 2.34. The van der Waals surface area contributed by atoms with Crippen molar-refractivity contribution in [3.8, 4) is 17.1 Å². The van der Waals surface area contributed by atoms with Crippen LogP contribution in [0.15, 0.2) is 18.2 Å². The van der Waals surface area contributed by atoms with Crippen LogP contribution in [0.5, 0.6) is 5.75 Å². The number of nitrogens with two attached hydrogens (primary N) is 1. The van der Waals surface area contributed by atoms with Gasteiger partial charge in [-0.1, -0.05) is 32.4 Å². The normalized spacial score (nSPS) is 11.5. The van der Waals surface area contributed by atoms with E-state index in [4.69, 9.17) is 27.1 Å². The summed E-state index contributed by atoms with van der Waals surface area (Å²) in [5.74, 6) is 1.65. The summed E-state index contributed by atoms with van der Waals surface area (Å²) in [6.45, 7) is 6.29. The van der Waals surface area contributed by atoms with Gasteiger partial charge in [-0.15, -0.1) is 0 Å². The lowest BCUT2D eigenvalue weighted by Crippen LogP contribution is -2.18. The van der Waals surface area contributed by atoms with Gasteiger partial charge in [0, 0.05) is 10.4 Å². The lowest BCUT2D eigenvalue weighted by atomic mass is 9.91. The molecule has 0 aliphatic carbocycles. The topological polar surface area (TPSA) is 61.0 Å². The first-order valence-corrected chi connectivity index (χ1v) is 7.87. The molecule has 6 heteroatoms. The van der Waals surface area contributed by atoms with Gasteiger partial charge in [0.2, 0.25) is 0 Å². The van der Waals surface area contributed by atoms with Crippen LogP contribution in [0.25, 0.3) is 11.4 Å². The van der Waals surface area contributed by atoms with Gasteiger partial charge >= 0.3 is 0 Å². The Labute approximate surface area is 143 Å². The average molecular weight is 418 g/mol. The molecule has 1 aromatic heterocycles. The van der Waals surface area contributed by atoms with E-state index in [-0.39, 0.29) is 5.41 Å². The molecule has 0 atom stereocenters. The number of nitrogens with zero attached hydrogens (tertiary/aromatic N) is 2. The number of rotatable bonds is 2. The molecule has 0 radical (unpaired) electrons. The predicted molar refractivity (Wildman–Crippen MR) is 94.9 cm³/mol. The molecule has 112 valence electrons. The summed E-state index contributed by atoms with van der Waals surface area (Å²) in [7, 11) is 1.59. The summed E-state index contributed by atoms with van der Waals surface area (Å²) in [4.78, 5) is 9.08.